The standard InChI is InChI=1S/C24H31N3O.C2HF3O2/c1-17-6-11-23(18(2)15-17)24(28)26-20-7-9-21(10-8-20)27(14-4-5-19(27)3)22-12-13-25-16-22;3-2(4,5)1(6)7/h6-11,15,19,22,25H,4-5,12-14,16H2,1-3H3;(H,6,7)/p+1. The molecule has 0 aliphatic carbocycles. The average molecular weight is 493 g/mol. The number of aliphatic carboxylic acids is 1. The second-order valence-electron chi connectivity index (χ2n) is 9.41. The Labute approximate surface area is 203 Å². The number of likely N-dealkylation sites (tertiary alicyclic amines) is 1. The maximum absolute atomic E-state index is 12.7. The third kappa shape index (κ3) is 6.02. The van der Waals surface area contributed by atoms with Gasteiger partial charge in [-0.1, -0.05) is 17.7 Å². The van der Waals surface area contributed by atoms with Crippen molar-refractivity contribution in [3.8, 4) is 0 Å². The Bertz CT molecular complexity index is 1050. The Morgan fingerprint density at radius 1 is 1.09 bits per heavy atom. The molecule has 0 bridgehead atoms. The van der Waals surface area contributed by atoms with Crippen LogP contribution in [0.4, 0.5) is 24.5 Å². The number of rotatable bonds is 4. The largest absolute Gasteiger partial charge is 0.490 e. The Kier molecular flexibility index (Phi) is 8.22. The van der Waals surface area contributed by atoms with Gasteiger partial charge >= 0.3 is 12.1 Å². The molecular formula is C26H33F3N3O3+. The van der Waals surface area contributed by atoms with Crippen molar-refractivity contribution in [1.29, 1.82) is 0 Å². The first-order valence-electron chi connectivity index (χ1n) is 11.8. The third-order valence-corrected chi connectivity index (χ3v) is 7.10. The summed E-state index contributed by atoms with van der Waals surface area (Å²) >= 11 is 0. The van der Waals surface area contributed by atoms with Crippen LogP contribution in [0.3, 0.4) is 0 Å². The number of hydrogen-bond acceptors (Lipinski definition) is 3. The van der Waals surface area contributed by atoms with Crippen LogP contribution in [0.1, 0.15) is 47.7 Å². The van der Waals surface area contributed by atoms with Gasteiger partial charge in [0.05, 0.1) is 12.6 Å². The molecule has 1 amide bonds. The molecule has 9 heteroatoms. The lowest BCUT2D eigenvalue weighted by Gasteiger charge is -2.43. The molecule has 3 N–H and O–H groups in total. The van der Waals surface area contributed by atoms with Crippen LogP contribution in [0.25, 0.3) is 0 Å². The molecule has 2 saturated heterocycles. The fourth-order valence-corrected chi connectivity index (χ4v) is 5.36. The number of carbonyl (C=O) groups is 2. The molecule has 0 aromatic heterocycles. The zero-order valence-electron chi connectivity index (χ0n) is 20.3. The SMILES string of the molecule is Cc1ccc(C(=O)Nc2ccc([N+]3(C4CCNC4)CCCC3C)cc2)c(C)c1.O=C(O)C(F)(F)F. The molecule has 6 nitrogen and oxygen atoms in total. The molecule has 190 valence electrons. The van der Waals surface area contributed by atoms with Gasteiger partial charge in [0, 0.05) is 55.7 Å². The maximum Gasteiger partial charge on any atom is 0.490 e. The summed E-state index contributed by atoms with van der Waals surface area (Å²) in [6, 6.07) is 15.9. The highest BCUT2D eigenvalue weighted by Gasteiger charge is 2.47. The van der Waals surface area contributed by atoms with E-state index in [-0.39, 0.29) is 5.91 Å². The van der Waals surface area contributed by atoms with E-state index in [1.807, 2.05) is 26.0 Å². The van der Waals surface area contributed by atoms with Crippen molar-refractivity contribution in [2.45, 2.75) is 58.3 Å². The molecule has 3 atom stereocenters. The summed E-state index contributed by atoms with van der Waals surface area (Å²) in [5.41, 5.74) is 5.18. The number of nitrogens with zero attached hydrogens (tertiary/aromatic N) is 1. The lowest BCUT2D eigenvalue weighted by Crippen LogP contribution is -2.59. The van der Waals surface area contributed by atoms with Gasteiger partial charge in [0.15, 0.2) is 0 Å². The summed E-state index contributed by atoms with van der Waals surface area (Å²) in [5, 5.41) is 13.8. The first-order valence-corrected chi connectivity index (χ1v) is 11.8. The summed E-state index contributed by atoms with van der Waals surface area (Å²) in [7, 11) is 0. The van der Waals surface area contributed by atoms with E-state index in [1.165, 1.54) is 37.1 Å². The summed E-state index contributed by atoms with van der Waals surface area (Å²) < 4.78 is 32.8. The number of hydrogen-bond donors (Lipinski definition) is 3. The zero-order chi connectivity index (χ0) is 25.8. The van der Waals surface area contributed by atoms with Crippen molar-refractivity contribution < 1.29 is 27.9 Å². The highest BCUT2D eigenvalue weighted by molar-refractivity contribution is 6.05. The smallest absolute Gasteiger partial charge is 0.475 e. The molecule has 35 heavy (non-hydrogen) atoms. The minimum absolute atomic E-state index is 0.0383. The lowest BCUT2D eigenvalue weighted by molar-refractivity contribution is -0.192. The summed E-state index contributed by atoms with van der Waals surface area (Å²) in [6.07, 6.45) is -1.25. The molecule has 0 saturated carbocycles. The topological polar surface area (TPSA) is 78.4 Å². The van der Waals surface area contributed by atoms with Gasteiger partial charge in [0.2, 0.25) is 0 Å². The minimum atomic E-state index is -5.08. The van der Waals surface area contributed by atoms with Crippen molar-refractivity contribution in [3.05, 3.63) is 59.2 Å². The van der Waals surface area contributed by atoms with Crippen LogP contribution in [0.5, 0.6) is 0 Å². The van der Waals surface area contributed by atoms with Crippen molar-refractivity contribution in [1.82, 2.24) is 9.80 Å². The van der Waals surface area contributed by atoms with Crippen molar-refractivity contribution >= 4 is 23.3 Å². The predicted molar refractivity (Wildman–Crippen MR) is 131 cm³/mol. The molecule has 2 aliphatic rings. The monoisotopic (exact) mass is 492 g/mol. The van der Waals surface area contributed by atoms with Crippen LogP contribution in [-0.4, -0.2) is 54.9 Å². The summed E-state index contributed by atoms with van der Waals surface area (Å²) in [5.74, 6) is -2.80. The van der Waals surface area contributed by atoms with Crippen molar-refractivity contribution in [2.75, 3.05) is 25.0 Å². The molecule has 2 aromatic rings. The average Bonchev–Trinajstić information content (AvgIpc) is 3.44. The van der Waals surface area contributed by atoms with Crippen LogP contribution in [0.2, 0.25) is 0 Å². The van der Waals surface area contributed by atoms with E-state index in [1.54, 1.807) is 0 Å². The Morgan fingerprint density at radius 3 is 2.23 bits per heavy atom. The number of quaternary nitrogens is 1. The first kappa shape index (κ1) is 26.7. The molecule has 2 fully saturated rings. The molecule has 2 aromatic carbocycles. The van der Waals surface area contributed by atoms with Crippen LogP contribution in [0.15, 0.2) is 42.5 Å². The van der Waals surface area contributed by atoms with Crippen LogP contribution in [-0.2, 0) is 4.79 Å². The van der Waals surface area contributed by atoms with E-state index in [2.05, 4.69) is 47.9 Å². The van der Waals surface area contributed by atoms with E-state index in [0.717, 1.165) is 34.4 Å². The fraction of sp³-hybridized carbons (Fsp3) is 0.462. The molecule has 2 heterocycles. The quantitative estimate of drug-likeness (QED) is 0.523. The molecule has 0 radical (unpaired) electrons. The van der Waals surface area contributed by atoms with E-state index < -0.39 is 12.1 Å². The zero-order valence-corrected chi connectivity index (χ0v) is 20.3. The first-order chi connectivity index (χ1) is 16.4. The van der Waals surface area contributed by atoms with Gasteiger partial charge in [-0.25, -0.2) is 4.79 Å². The Morgan fingerprint density at radius 2 is 1.74 bits per heavy atom. The lowest BCUT2D eigenvalue weighted by atomic mass is 10.0. The van der Waals surface area contributed by atoms with Gasteiger partial charge in [-0.15, -0.1) is 0 Å². The number of aryl methyl sites for hydroxylation is 2. The highest BCUT2D eigenvalue weighted by Crippen LogP contribution is 2.39. The number of alkyl halides is 3. The van der Waals surface area contributed by atoms with Gasteiger partial charge in [0.1, 0.15) is 11.7 Å². The summed E-state index contributed by atoms with van der Waals surface area (Å²) in [6.45, 7) is 9.90. The van der Waals surface area contributed by atoms with Crippen molar-refractivity contribution in [3.63, 3.8) is 0 Å². The van der Waals surface area contributed by atoms with Crippen LogP contribution in [0, 0.1) is 13.8 Å². The highest BCUT2D eigenvalue weighted by atomic mass is 19.4. The molecule has 4 rings (SSSR count). The molecular weight excluding hydrogens is 459 g/mol. The van der Waals surface area contributed by atoms with Crippen LogP contribution >= 0.6 is 0 Å². The molecule has 2 aliphatic heterocycles. The number of carboxylic acids is 1. The molecule has 0 spiro atoms. The number of halogens is 3. The van der Waals surface area contributed by atoms with Gasteiger partial charge in [-0.2, -0.15) is 13.2 Å². The van der Waals surface area contributed by atoms with E-state index in [0.29, 0.717) is 12.1 Å². The number of anilines is 1. The minimum Gasteiger partial charge on any atom is -0.475 e. The number of carboxylic acid groups (broad SMARTS) is 1. The Hall–Kier alpha value is -2.91. The number of carbonyl (C=O) groups excluding carboxylic acids is 1. The van der Waals surface area contributed by atoms with Crippen molar-refractivity contribution in [2.24, 2.45) is 0 Å². The summed E-state index contributed by atoms with van der Waals surface area (Å²) in [4.78, 5) is 21.6. The number of amides is 1. The van der Waals surface area contributed by atoms with Gasteiger partial charge in [-0.3, -0.25) is 9.28 Å². The second-order valence-corrected chi connectivity index (χ2v) is 9.41. The number of benzene rings is 2. The number of nitrogens with one attached hydrogen (secondary N) is 2. The van der Waals surface area contributed by atoms with Gasteiger partial charge in [0.25, 0.3) is 5.91 Å². The van der Waals surface area contributed by atoms with E-state index in [9.17, 15) is 18.0 Å². The Balaban J connectivity index is 0.000000429. The van der Waals surface area contributed by atoms with Gasteiger partial charge in [-0.05, 0) is 44.5 Å². The fourth-order valence-electron chi connectivity index (χ4n) is 5.36. The predicted octanol–water partition coefficient (Wildman–Crippen LogP) is 5.04. The third-order valence-electron chi connectivity index (χ3n) is 7.10. The van der Waals surface area contributed by atoms with E-state index in [4.69, 9.17) is 9.90 Å². The maximum atomic E-state index is 12.7. The normalized spacial score (nSPS) is 23.9. The molecule has 3 unspecified atom stereocenters. The second kappa shape index (κ2) is 10.8. The van der Waals surface area contributed by atoms with Crippen LogP contribution < -0.4 is 15.1 Å². The van der Waals surface area contributed by atoms with Gasteiger partial charge < -0.3 is 15.7 Å². The van der Waals surface area contributed by atoms with E-state index >= 15 is 0 Å².